The largest absolute Gasteiger partial charge is 0.317 e. The second-order valence-corrected chi connectivity index (χ2v) is 7.52. The molecule has 0 bridgehead atoms. The highest BCUT2D eigenvalue weighted by atomic mass is 32.1. The molecule has 1 aliphatic rings. The van der Waals surface area contributed by atoms with Crippen LogP contribution >= 0.6 is 11.3 Å². The number of carbonyl (C=O) groups is 1. The first-order chi connectivity index (χ1) is 12.2. The van der Waals surface area contributed by atoms with Crippen molar-refractivity contribution in [2.75, 3.05) is 11.9 Å². The number of rotatable bonds is 6. The molecule has 1 amide bonds. The summed E-state index contributed by atoms with van der Waals surface area (Å²) in [7, 11) is 0. The van der Waals surface area contributed by atoms with Crippen molar-refractivity contribution in [2.45, 2.75) is 45.1 Å². The van der Waals surface area contributed by atoms with Gasteiger partial charge in [-0.3, -0.25) is 4.79 Å². The van der Waals surface area contributed by atoms with Gasteiger partial charge in [0.05, 0.1) is 5.56 Å². The molecule has 4 nitrogen and oxygen atoms in total. The Bertz CT molecular complexity index is 776. The number of benzene rings is 1. The highest BCUT2D eigenvalue weighted by Crippen LogP contribution is 2.37. The van der Waals surface area contributed by atoms with E-state index in [0.717, 1.165) is 29.8 Å². The van der Waals surface area contributed by atoms with Crippen molar-refractivity contribution >= 4 is 22.2 Å². The summed E-state index contributed by atoms with van der Waals surface area (Å²) in [6.45, 7) is 2.70. The van der Waals surface area contributed by atoms with E-state index < -0.39 is 0 Å². The summed E-state index contributed by atoms with van der Waals surface area (Å²) in [5.74, 6) is -0.0390. The van der Waals surface area contributed by atoms with Gasteiger partial charge in [-0.1, -0.05) is 30.3 Å². The molecule has 1 aromatic carbocycles. The molecule has 0 aliphatic heterocycles. The number of aryl methyl sites for hydroxylation is 1. The number of nitrogens with one attached hydrogen (secondary N) is 2. The molecule has 1 atom stereocenters. The lowest BCUT2D eigenvalue weighted by molar-refractivity contribution is -0.116. The molecule has 25 heavy (non-hydrogen) atoms. The maximum absolute atomic E-state index is 12.3. The maximum atomic E-state index is 12.3. The first-order valence-corrected chi connectivity index (χ1v) is 9.63. The SMILES string of the molecule is C[C@H](NCCC(=O)Nc1sc2c(c1C#N)CCCC2)c1ccccc1. The molecule has 0 saturated carbocycles. The van der Waals surface area contributed by atoms with Gasteiger partial charge in [0.2, 0.25) is 5.91 Å². The van der Waals surface area contributed by atoms with E-state index in [1.165, 1.54) is 16.9 Å². The first kappa shape index (κ1) is 17.7. The molecular formula is C20H23N3OS. The minimum atomic E-state index is -0.0390. The molecule has 2 aromatic rings. The zero-order valence-electron chi connectivity index (χ0n) is 14.5. The van der Waals surface area contributed by atoms with Crippen LogP contribution < -0.4 is 10.6 Å². The summed E-state index contributed by atoms with van der Waals surface area (Å²) in [6, 6.07) is 12.7. The van der Waals surface area contributed by atoms with Crippen LogP contribution in [0.25, 0.3) is 0 Å². The number of nitrogens with zero attached hydrogens (tertiary/aromatic N) is 1. The van der Waals surface area contributed by atoms with Crippen LogP contribution in [0.1, 0.15) is 53.8 Å². The molecule has 1 heterocycles. The second-order valence-electron chi connectivity index (χ2n) is 6.41. The van der Waals surface area contributed by atoms with Crippen molar-refractivity contribution in [3.8, 4) is 6.07 Å². The summed E-state index contributed by atoms with van der Waals surface area (Å²) in [5.41, 5.74) is 3.05. The Morgan fingerprint density at radius 1 is 1.28 bits per heavy atom. The van der Waals surface area contributed by atoms with Crippen molar-refractivity contribution in [3.63, 3.8) is 0 Å². The van der Waals surface area contributed by atoms with Crippen molar-refractivity contribution in [3.05, 3.63) is 51.9 Å². The molecule has 3 rings (SSSR count). The van der Waals surface area contributed by atoms with Gasteiger partial charge >= 0.3 is 0 Å². The molecule has 1 aromatic heterocycles. The zero-order valence-corrected chi connectivity index (χ0v) is 15.3. The van der Waals surface area contributed by atoms with E-state index in [4.69, 9.17) is 0 Å². The van der Waals surface area contributed by atoms with E-state index in [1.807, 2.05) is 18.2 Å². The van der Waals surface area contributed by atoms with Gasteiger partial charge in [0, 0.05) is 23.9 Å². The number of thiophene rings is 1. The maximum Gasteiger partial charge on any atom is 0.226 e. The predicted octanol–water partition coefficient (Wildman–Crippen LogP) is 4.18. The molecule has 5 heteroatoms. The van der Waals surface area contributed by atoms with Crippen LogP contribution in [0, 0.1) is 11.3 Å². The highest BCUT2D eigenvalue weighted by Gasteiger charge is 2.21. The normalized spacial score (nSPS) is 14.4. The van der Waals surface area contributed by atoms with Crippen LogP contribution in [0.5, 0.6) is 0 Å². The number of fused-ring (bicyclic) bond motifs is 1. The van der Waals surface area contributed by atoms with Crippen LogP contribution in [-0.4, -0.2) is 12.5 Å². The second kappa shape index (κ2) is 8.28. The van der Waals surface area contributed by atoms with E-state index in [1.54, 1.807) is 11.3 Å². The number of carbonyl (C=O) groups excluding carboxylic acids is 1. The Labute approximate surface area is 152 Å². The lowest BCUT2D eigenvalue weighted by Gasteiger charge is -2.13. The summed E-state index contributed by atoms with van der Waals surface area (Å²) >= 11 is 1.58. The summed E-state index contributed by atoms with van der Waals surface area (Å²) < 4.78 is 0. The van der Waals surface area contributed by atoms with Gasteiger partial charge in [-0.15, -0.1) is 11.3 Å². The third-order valence-corrected chi connectivity index (χ3v) is 5.85. The van der Waals surface area contributed by atoms with Crippen molar-refractivity contribution < 1.29 is 4.79 Å². The van der Waals surface area contributed by atoms with Crippen LogP contribution in [0.3, 0.4) is 0 Å². The van der Waals surface area contributed by atoms with E-state index in [9.17, 15) is 10.1 Å². The standard InChI is InChI=1S/C20H23N3OS/c1-14(15-7-3-2-4-8-15)22-12-11-19(24)23-20-17(13-21)16-9-5-6-10-18(16)25-20/h2-4,7-8,14,22H,5-6,9-12H2,1H3,(H,23,24)/t14-/m0/s1. The molecule has 0 saturated heterocycles. The van der Waals surface area contributed by atoms with Gasteiger partial charge in [-0.2, -0.15) is 5.26 Å². The Morgan fingerprint density at radius 3 is 2.80 bits per heavy atom. The number of amides is 1. The molecule has 0 spiro atoms. The Kier molecular flexibility index (Phi) is 5.85. The monoisotopic (exact) mass is 353 g/mol. The van der Waals surface area contributed by atoms with Gasteiger partial charge in [-0.05, 0) is 43.7 Å². The zero-order chi connectivity index (χ0) is 17.6. The minimum Gasteiger partial charge on any atom is -0.317 e. The van der Waals surface area contributed by atoms with Crippen molar-refractivity contribution in [2.24, 2.45) is 0 Å². The van der Waals surface area contributed by atoms with E-state index >= 15 is 0 Å². The van der Waals surface area contributed by atoms with Crippen LogP contribution in [0.4, 0.5) is 5.00 Å². The predicted molar refractivity (Wildman–Crippen MR) is 102 cm³/mol. The average molecular weight is 353 g/mol. The highest BCUT2D eigenvalue weighted by molar-refractivity contribution is 7.16. The first-order valence-electron chi connectivity index (χ1n) is 8.82. The van der Waals surface area contributed by atoms with Crippen molar-refractivity contribution in [1.82, 2.24) is 5.32 Å². The van der Waals surface area contributed by atoms with Crippen LogP contribution in [0.2, 0.25) is 0 Å². The van der Waals surface area contributed by atoms with Gasteiger partial charge in [0.25, 0.3) is 0 Å². The van der Waals surface area contributed by atoms with Gasteiger partial charge in [0.1, 0.15) is 11.1 Å². The Hall–Kier alpha value is -2.16. The third kappa shape index (κ3) is 4.28. The topological polar surface area (TPSA) is 64.9 Å². The fourth-order valence-electron chi connectivity index (χ4n) is 3.22. The average Bonchev–Trinajstić information content (AvgIpc) is 2.99. The molecule has 2 N–H and O–H groups in total. The van der Waals surface area contributed by atoms with Gasteiger partial charge < -0.3 is 10.6 Å². The lowest BCUT2D eigenvalue weighted by atomic mass is 9.96. The molecular weight excluding hydrogens is 330 g/mol. The quantitative estimate of drug-likeness (QED) is 0.819. The van der Waals surface area contributed by atoms with E-state index in [2.05, 4.69) is 35.8 Å². The fourth-order valence-corrected chi connectivity index (χ4v) is 4.48. The molecule has 0 fully saturated rings. The Morgan fingerprint density at radius 2 is 2.04 bits per heavy atom. The molecule has 0 radical (unpaired) electrons. The minimum absolute atomic E-state index is 0.0390. The number of anilines is 1. The fraction of sp³-hybridized carbons (Fsp3) is 0.400. The number of hydrogen-bond donors (Lipinski definition) is 2. The summed E-state index contributed by atoms with van der Waals surface area (Å²) in [5, 5.41) is 16.5. The third-order valence-electron chi connectivity index (χ3n) is 4.64. The van der Waals surface area contributed by atoms with Crippen LogP contribution in [0.15, 0.2) is 30.3 Å². The van der Waals surface area contributed by atoms with Gasteiger partial charge in [0.15, 0.2) is 0 Å². The van der Waals surface area contributed by atoms with Gasteiger partial charge in [-0.25, -0.2) is 0 Å². The smallest absolute Gasteiger partial charge is 0.226 e. The Balaban J connectivity index is 1.53. The number of hydrogen-bond acceptors (Lipinski definition) is 4. The molecule has 130 valence electrons. The van der Waals surface area contributed by atoms with E-state index in [0.29, 0.717) is 18.5 Å². The summed E-state index contributed by atoms with van der Waals surface area (Å²) in [6.07, 6.45) is 4.69. The van der Waals surface area contributed by atoms with Crippen LogP contribution in [-0.2, 0) is 17.6 Å². The summed E-state index contributed by atoms with van der Waals surface area (Å²) in [4.78, 5) is 13.5. The van der Waals surface area contributed by atoms with E-state index in [-0.39, 0.29) is 11.9 Å². The van der Waals surface area contributed by atoms with Crippen molar-refractivity contribution in [1.29, 1.82) is 5.26 Å². The number of nitriles is 1. The lowest BCUT2D eigenvalue weighted by Crippen LogP contribution is -2.24. The molecule has 0 unspecified atom stereocenters. The molecule has 1 aliphatic carbocycles.